The molecule has 1 amide bonds. The predicted octanol–water partition coefficient (Wildman–Crippen LogP) is 0.213. The molecule has 0 saturated heterocycles. The van der Waals surface area contributed by atoms with Gasteiger partial charge in [0.15, 0.2) is 0 Å². The summed E-state index contributed by atoms with van der Waals surface area (Å²) in [5.74, 6) is 0.642. The molecule has 1 aromatic heterocycles. The molecule has 0 atom stereocenters. The number of nitrogens with zero attached hydrogens (tertiary/aromatic N) is 2. The summed E-state index contributed by atoms with van der Waals surface area (Å²) in [6.07, 6.45) is 0.716. The van der Waals surface area contributed by atoms with Gasteiger partial charge >= 0.3 is 6.09 Å². The minimum Gasteiger partial charge on any atom is -0.465 e. The summed E-state index contributed by atoms with van der Waals surface area (Å²) in [5, 5.41) is 18.4. The molecule has 2 heterocycles. The summed E-state index contributed by atoms with van der Waals surface area (Å²) in [6, 6.07) is 1.74. The van der Waals surface area contributed by atoms with E-state index < -0.39 is 11.8 Å². The first-order chi connectivity index (χ1) is 8.57. The molecule has 0 aromatic carbocycles. The Kier molecular flexibility index (Phi) is 3.10. The van der Waals surface area contributed by atoms with E-state index in [0.717, 1.165) is 5.56 Å². The van der Waals surface area contributed by atoms with Crippen LogP contribution in [0.2, 0.25) is 0 Å². The molecule has 18 heavy (non-hydrogen) atoms. The molecular weight excluding hydrogens is 234 g/mol. The number of carbonyl (C=O) groups is 1. The number of carboxylic acid groups (broad SMARTS) is 1. The van der Waals surface area contributed by atoms with Gasteiger partial charge in [0.2, 0.25) is 0 Å². The zero-order valence-corrected chi connectivity index (χ0v) is 10.6. The summed E-state index contributed by atoms with van der Waals surface area (Å²) in [4.78, 5) is 16.9. The van der Waals surface area contributed by atoms with Crippen molar-refractivity contribution in [2.45, 2.75) is 5.66 Å². The first-order valence-electron chi connectivity index (χ1n) is 5.64. The maximum Gasteiger partial charge on any atom is 0.411 e. The van der Waals surface area contributed by atoms with Crippen molar-refractivity contribution in [1.82, 2.24) is 15.6 Å². The van der Waals surface area contributed by atoms with E-state index in [-0.39, 0.29) is 0 Å². The minimum atomic E-state index is -0.975. The lowest BCUT2D eigenvalue weighted by atomic mass is 10.0. The SMILES string of the molecule is CNc1cc2c(cn1)C(NC)(NC)CN2C(=O)O. The Morgan fingerprint density at radius 1 is 1.44 bits per heavy atom. The molecular formula is C11H17N5O2. The van der Waals surface area contributed by atoms with Crippen molar-refractivity contribution < 1.29 is 9.90 Å². The number of nitrogens with one attached hydrogen (secondary N) is 3. The Morgan fingerprint density at radius 2 is 2.11 bits per heavy atom. The molecule has 4 N–H and O–H groups in total. The van der Waals surface area contributed by atoms with Gasteiger partial charge in [-0.1, -0.05) is 0 Å². The number of rotatable bonds is 3. The molecule has 1 aromatic rings. The van der Waals surface area contributed by atoms with Crippen LogP contribution in [0.5, 0.6) is 0 Å². The molecule has 0 radical (unpaired) electrons. The second-order valence-corrected chi connectivity index (χ2v) is 4.11. The summed E-state index contributed by atoms with van der Waals surface area (Å²) in [6.45, 7) is 0.305. The highest BCUT2D eigenvalue weighted by molar-refractivity contribution is 5.90. The summed E-state index contributed by atoms with van der Waals surface area (Å²) in [5.41, 5.74) is 0.881. The van der Waals surface area contributed by atoms with Gasteiger partial charge in [-0.15, -0.1) is 0 Å². The molecule has 7 heteroatoms. The number of amides is 1. The Bertz CT molecular complexity index is 473. The van der Waals surface area contributed by atoms with Crippen molar-refractivity contribution in [2.24, 2.45) is 0 Å². The quantitative estimate of drug-likeness (QED) is 0.574. The van der Waals surface area contributed by atoms with Crippen molar-refractivity contribution in [3.63, 3.8) is 0 Å². The molecule has 7 nitrogen and oxygen atoms in total. The smallest absolute Gasteiger partial charge is 0.411 e. The van der Waals surface area contributed by atoms with E-state index in [1.54, 1.807) is 33.4 Å². The van der Waals surface area contributed by atoms with Crippen molar-refractivity contribution in [3.8, 4) is 0 Å². The third-order valence-electron chi connectivity index (χ3n) is 3.37. The lowest BCUT2D eigenvalue weighted by Crippen LogP contribution is -2.54. The molecule has 1 aliphatic heterocycles. The number of aromatic nitrogens is 1. The van der Waals surface area contributed by atoms with Crippen molar-refractivity contribution in [2.75, 3.05) is 37.9 Å². The van der Waals surface area contributed by atoms with Crippen LogP contribution in [-0.2, 0) is 5.66 Å². The van der Waals surface area contributed by atoms with E-state index in [4.69, 9.17) is 0 Å². The lowest BCUT2D eigenvalue weighted by molar-refractivity contribution is 0.199. The molecule has 0 bridgehead atoms. The second kappa shape index (κ2) is 4.43. The van der Waals surface area contributed by atoms with Crippen LogP contribution in [0.4, 0.5) is 16.3 Å². The predicted molar refractivity (Wildman–Crippen MR) is 69.0 cm³/mol. The Balaban J connectivity index is 2.57. The van der Waals surface area contributed by atoms with E-state index in [0.29, 0.717) is 18.1 Å². The Hall–Kier alpha value is -1.86. The molecule has 2 rings (SSSR count). The third kappa shape index (κ3) is 1.68. The highest BCUT2D eigenvalue weighted by Crippen LogP contribution is 2.37. The molecule has 1 aliphatic rings. The topological polar surface area (TPSA) is 89.5 Å². The average Bonchev–Trinajstić information content (AvgIpc) is 2.73. The maximum absolute atomic E-state index is 11.3. The van der Waals surface area contributed by atoms with Gasteiger partial charge in [0.05, 0.1) is 12.2 Å². The zero-order chi connectivity index (χ0) is 13.3. The first-order valence-corrected chi connectivity index (χ1v) is 5.64. The number of anilines is 2. The number of likely N-dealkylation sites (N-methyl/N-ethyl adjacent to an activating group) is 2. The number of hydrogen-bond acceptors (Lipinski definition) is 5. The molecule has 0 spiro atoms. The Morgan fingerprint density at radius 3 is 2.61 bits per heavy atom. The first kappa shape index (κ1) is 12.6. The number of fused-ring (bicyclic) bond motifs is 1. The fourth-order valence-corrected chi connectivity index (χ4v) is 2.26. The lowest BCUT2D eigenvalue weighted by Gasteiger charge is -2.28. The largest absolute Gasteiger partial charge is 0.465 e. The van der Waals surface area contributed by atoms with Crippen LogP contribution < -0.4 is 20.9 Å². The van der Waals surface area contributed by atoms with Crippen LogP contribution in [0, 0.1) is 0 Å². The van der Waals surface area contributed by atoms with E-state index in [1.807, 2.05) is 0 Å². The van der Waals surface area contributed by atoms with Crippen molar-refractivity contribution in [1.29, 1.82) is 0 Å². The number of pyridine rings is 1. The van der Waals surface area contributed by atoms with Gasteiger partial charge in [0, 0.05) is 24.9 Å². The zero-order valence-electron chi connectivity index (χ0n) is 10.6. The van der Waals surface area contributed by atoms with Gasteiger partial charge in [-0.05, 0) is 14.1 Å². The van der Waals surface area contributed by atoms with Gasteiger partial charge in [-0.25, -0.2) is 9.78 Å². The monoisotopic (exact) mass is 251 g/mol. The Labute approximate surface area is 105 Å². The van der Waals surface area contributed by atoms with E-state index in [9.17, 15) is 9.90 Å². The van der Waals surface area contributed by atoms with Gasteiger partial charge in [-0.3, -0.25) is 15.5 Å². The van der Waals surface area contributed by atoms with Gasteiger partial charge in [-0.2, -0.15) is 0 Å². The molecule has 0 aliphatic carbocycles. The molecule has 0 unspecified atom stereocenters. The highest BCUT2D eigenvalue weighted by atomic mass is 16.4. The fourth-order valence-electron chi connectivity index (χ4n) is 2.26. The standard InChI is InChI=1S/C11H17N5O2/c1-12-9-4-8-7(5-15-9)11(13-2,14-3)6-16(8)10(17)18/h4-5,13-14H,6H2,1-3H3,(H,12,15)(H,17,18). The average molecular weight is 251 g/mol. The van der Waals surface area contributed by atoms with Gasteiger partial charge in [0.25, 0.3) is 0 Å². The van der Waals surface area contributed by atoms with Crippen LogP contribution in [0.25, 0.3) is 0 Å². The van der Waals surface area contributed by atoms with Crippen LogP contribution in [0.15, 0.2) is 12.3 Å². The normalized spacial score (nSPS) is 16.5. The van der Waals surface area contributed by atoms with Gasteiger partial charge in [0.1, 0.15) is 11.5 Å². The van der Waals surface area contributed by atoms with Gasteiger partial charge < -0.3 is 10.4 Å². The second-order valence-electron chi connectivity index (χ2n) is 4.11. The molecule has 0 fully saturated rings. The van der Waals surface area contributed by atoms with Crippen molar-refractivity contribution in [3.05, 3.63) is 17.8 Å². The minimum absolute atomic E-state index is 0.305. The third-order valence-corrected chi connectivity index (χ3v) is 3.37. The summed E-state index contributed by atoms with van der Waals surface area (Å²) >= 11 is 0. The molecule has 0 saturated carbocycles. The summed E-state index contributed by atoms with van der Waals surface area (Å²) in [7, 11) is 5.33. The van der Waals surface area contributed by atoms with E-state index in [1.165, 1.54) is 4.90 Å². The fraction of sp³-hybridized carbons (Fsp3) is 0.455. The maximum atomic E-state index is 11.3. The van der Waals surface area contributed by atoms with E-state index in [2.05, 4.69) is 20.9 Å². The van der Waals surface area contributed by atoms with Crippen LogP contribution in [0.1, 0.15) is 5.56 Å². The van der Waals surface area contributed by atoms with Crippen molar-refractivity contribution >= 4 is 17.6 Å². The number of hydrogen-bond donors (Lipinski definition) is 4. The molecule has 98 valence electrons. The highest BCUT2D eigenvalue weighted by Gasteiger charge is 2.43. The summed E-state index contributed by atoms with van der Waals surface area (Å²) < 4.78 is 0. The van der Waals surface area contributed by atoms with E-state index >= 15 is 0 Å². The van der Waals surface area contributed by atoms with Crippen LogP contribution in [-0.4, -0.2) is 43.9 Å². The van der Waals surface area contributed by atoms with Crippen LogP contribution >= 0.6 is 0 Å². The van der Waals surface area contributed by atoms with Crippen LogP contribution in [0.3, 0.4) is 0 Å².